The summed E-state index contributed by atoms with van der Waals surface area (Å²) < 4.78 is 6.05. The molecule has 4 nitrogen and oxygen atoms in total. The Hall–Kier alpha value is -1.55. The fourth-order valence-corrected chi connectivity index (χ4v) is 4.33. The quantitative estimate of drug-likeness (QED) is 0.768. The molecule has 1 heterocycles. The number of carbonyl (C=O) groups is 1. The molecule has 1 amide bonds. The minimum atomic E-state index is -0.0977. The minimum absolute atomic E-state index is 0.0977. The standard InChI is InChI=1S/C23H36N2O2/c1-17-6-8-20(9-7-17)24-12-10-19(11-13-24)16-25(18(2)26)21-14-22(15-21)27-23(3,4)5/h6-9,19,21-22H,10-16H2,1-5H3. The summed E-state index contributed by atoms with van der Waals surface area (Å²) in [5.41, 5.74) is 2.53. The van der Waals surface area contributed by atoms with Crippen LogP contribution in [0.3, 0.4) is 0 Å². The van der Waals surface area contributed by atoms with Crippen LogP contribution >= 0.6 is 0 Å². The fraction of sp³-hybridized carbons (Fsp3) is 0.696. The SMILES string of the molecule is CC(=O)N(CC1CCN(c2ccc(C)cc2)CC1)C1CC(OC(C)(C)C)C1. The second-order valence-electron chi connectivity index (χ2n) is 9.41. The van der Waals surface area contributed by atoms with E-state index in [9.17, 15) is 4.79 Å². The average Bonchev–Trinajstić information content (AvgIpc) is 2.56. The number of benzene rings is 1. The molecule has 0 aromatic heterocycles. The second kappa shape index (κ2) is 8.22. The number of piperidine rings is 1. The van der Waals surface area contributed by atoms with E-state index in [0.29, 0.717) is 18.1 Å². The van der Waals surface area contributed by atoms with Crippen molar-refractivity contribution in [2.24, 2.45) is 5.92 Å². The number of carbonyl (C=O) groups excluding carboxylic acids is 1. The van der Waals surface area contributed by atoms with E-state index in [1.807, 2.05) is 0 Å². The molecule has 1 aromatic rings. The first kappa shape index (κ1) is 20.2. The predicted molar refractivity (Wildman–Crippen MR) is 111 cm³/mol. The molecule has 1 saturated heterocycles. The number of amides is 1. The van der Waals surface area contributed by atoms with E-state index in [-0.39, 0.29) is 11.5 Å². The van der Waals surface area contributed by atoms with Crippen LogP contribution in [0, 0.1) is 12.8 Å². The molecule has 3 rings (SSSR count). The smallest absolute Gasteiger partial charge is 0.219 e. The first-order valence-corrected chi connectivity index (χ1v) is 10.5. The summed E-state index contributed by atoms with van der Waals surface area (Å²) in [6.45, 7) is 13.2. The summed E-state index contributed by atoms with van der Waals surface area (Å²) >= 11 is 0. The minimum Gasteiger partial charge on any atom is -0.372 e. The van der Waals surface area contributed by atoms with E-state index < -0.39 is 0 Å². The van der Waals surface area contributed by atoms with Gasteiger partial charge in [0.15, 0.2) is 0 Å². The first-order valence-electron chi connectivity index (χ1n) is 10.5. The zero-order chi connectivity index (χ0) is 19.6. The van der Waals surface area contributed by atoms with Gasteiger partial charge in [0.05, 0.1) is 11.7 Å². The molecular weight excluding hydrogens is 336 g/mol. The van der Waals surface area contributed by atoms with Crippen molar-refractivity contribution in [2.45, 2.75) is 78.0 Å². The molecule has 2 fully saturated rings. The number of hydrogen-bond donors (Lipinski definition) is 0. The molecule has 0 atom stereocenters. The van der Waals surface area contributed by atoms with Crippen molar-refractivity contribution in [3.8, 4) is 0 Å². The molecule has 1 aromatic carbocycles. The highest BCUT2D eigenvalue weighted by Gasteiger charge is 2.38. The maximum atomic E-state index is 12.2. The van der Waals surface area contributed by atoms with E-state index in [2.05, 4.69) is 61.8 Å². The van der Waals surface area contributed by atoms with Crippen LogP contribution in [-0.2, 0) is 9.53 Å². The molecule has 2 aliphatic rings. The number of hydrogen-bond acceptors (Lipinski definition) is 3. The van der Waals surface area contributed by atoms with Crippen molar-refractivity contribution in [3.05, 3.63) is 29.8 Å². The van der Waals surface area contributed by atoms with Crippen LogP contribution in [0.2, 0.25) is 0 Å². The zero-order valence-corrected chi connectivity index (χ0v) is 17.7. The Balaban J connectivity index is 1.48. The average molecular weight is 373 g/mol. The maximum Gasteiger partial charge on any atom is 0.219 e. The van der Waals surface area contributed by atoms with Crippen LogP contribution in [0.5, 0.6) is 0 Å². The van der Waals surface area contributed by atoms with Crippen LogP contribution in [0.1, 0.15) is 58.9 Å². The van der Waals surface area contributed by atoms with Crippen molar-refractivity contribution in [1.82, 2.24) is 4.90 Å². The number of anilines is 1. The summed E-state index contributed by atoms with van der Waals surface area (Å²) in [6, 6.07) is 9.18. The van der Waals surface area contributed by atoms with E-state index in [0.717, 1.165) is 45.3 Å². The van der Waals surface area contributed by atoms with Crippen LogP contribution < -0.4 is 4.90 Å². The van der Waals surface area contributed by atoms with Gasteiger partial charge in [-0.3, -0.25) is 4.79 Å². The number of ether oxygens (including phenoxy) is 1. The van der Waals surface area contributed by atoms with Crippen molar-refractivity contribution >= 4 is 11.6 Å². The molecule has 150 valence electrons. The summed E-state index contributed by atoms with van der Waals surface area (Å²) in [5, 5.41) is 0. The van der Waals surface area contributed by atoms with Gasteiger partial charge in [-0.2, -0.15) is 0 Å². The molecule has 27 heavy (non-hydrogen) atoms. The summed E-state index contributed by atoms with van der Waals surface area (Å²) in [7, 11) is 0. The molecular formula is C23H36N2O2. The van der Waals surface area contributed by atoms with Crippen molar-refractivity contribution < 1.29 is 9.53 Å². The molecule has 1 aliphatic heterocycles. The highest BCUT2D eigenvalue weighted by Crippen LogP contribution is 2.33. The molecule has 0 unspecified atom stereocenters. The van der Waals surface area contributed by atoms with E-state index in [1.54, 1.807) is 6.92 Å². The molecule has 4 heteroatoms. The summed E-state index contributed by atoms with van der Waals surface area (Å²) in [4.78, 5) is 16.8. The summed E-state index contributed by atoms with van der Waals surface area (Å²) in [6.07, 6.45) is 4.59. The Morgan fingerprint density at radius 2 is 1.74 bits per heavy atom. The first-order chi connectivity index (χ1) is 12.7. The summed E-state index contributed by atoms with van der Waals surface area (Å²) in [5.74, 6) is 0.827. The Morgan fingerprint density at radius 1 is 1.15 bits per heavy atom. The van der Waals surface area contributed by atoms with Crippen LogP contribution in [0.15, 0.2) is 24.3 Å². The third-order valence-electron chi connectivity index (χ3n) is 5.90. The topological polar surface area (TPSA) is 32.8 Å². The Labute approximate surface area is 164 Å². The van der Waals surface area contributed by atoms with Gasteiger partial charge >= 0.3 is 0 Å². The van der Waals surface area contributed by atoms with Gasteiger partial charge in [0, 0.05) is 38.3 Å². The Morgan fingerprint density at radius 3 is 2.26 bits per heavy atom. The van der Waals surface area contributed by atoms with Crippen molar-refractivity contribution in [1.29, 1.82) is 0 Å². The lowest BCUT2D eigenvalue weighted by Crippen LogP contribution is -2.53. The van der Waals surface area contributed by atoms with Gasteiger partial charge < -0.3 is 14.5 Å². The van der Waals surface area contributed by atoms with E-state index in [4.69, 9.17) is 4.74 Å². The van der Waals surface area contributed by atoms with Gasteiger partial charge in [0.2, 0.25) is 5.91 Å². The molecule has 0 spiro atoms. The second-order valence-corrected chi connectivity index (χ2v) is 9.41. The molecule has 1 aliphatic carbocycles. The molecule has 0 bridgehead atoms. The number of rotatable bonds is 5. The molecule has 1 saturated carbocycles. The van der Waals surface area contributed by atoms with Crippen molar-refractivity contribution in [2.75, 3.05) is 24.5 Å². The van der Waals surface area contributed by atoms with Crippen LogP contribution in [0.4, 0.5) is 5.69 Å². The largest absolute Gasteiger partial charge is 0.372 e. The third-order valence-corrected chi connectivity index (χ3v) is 5.90. The molecule has 0 N–H and O–H groups in total. The van der Waals surface area contributed by atoms with E-state index >= 15 is 0 Å². The fourth-order valence-electron chi connectivity index (χ4n) is 4.33. The van der Waals surface area contributed by atoms with Gasteiger partial charge in [-0.25, -0.2) is 0 Å². The van der Waals surface area contributed by atoms with E-state index in [1.165, 1.54) is 11.3 Å². The maximum absolute atomic E-state index is 12.2. The number of nitrogens with zero attached hydrogens (tertiary/aromatic N) is 2. The Bertz CT molecular complexity index is 621. The normalized spacial score (nSPS) is 23.8. The van der Waals surface area contributed by atoms with Crippen LogP contribution in [-0.4, -0.2) is 48.2 Å². The number of aryl methyl sites for hydroxylation is 1. The monoisotopic (exact) mass is 372 g/mol. The molecule has 0 radical (unpaired) electrons. The lowest BCUT2D eigenvalue weighted by molar-refractivity contribution is -0.147. The van der Waals surface area contributed by atoms with Gasteiger partial charge in [0.25, 0.3) is 0 Å². The Kier molecular flexibility index (Phi) is 6.15. The zero-order valence-electron chi connectivity index (χ0n) is 17.7. The highest BCUT2D eigenvalue weighted by atomic mass is 16.5. The lowest BCUT2D eigenvalue weighted by atomic mass is 9.85. The third kappa shape index (κ3) is 5.47. The van der Waals surface area contributed by atoms with Gasteiger partial charge in [-0.05, 0) is 71.4 Å². The van der Waals surface area contributed by atoms with Crippen molar-refractivity contribution in [3.63, 3.8) is 0 Å². The van der Waals surface area contributed by atoms with Gasteiger partial charge in [-0.15, -0.1) is 0 Å². The highest BCUT2D eigenvalue weighted by molar-refractivity contribution is 5.73. The van der Waals surface area contributed by atoms with Crippen LogP contribution in [0.25, 0.3) is 0 Å². The van der Waals surface area contributed by atoms with Gasteiger partial charge in [-0.1, -0.05) is 17.7 Å². The lowest BCUT2D eigenvalue weighted by Gasteiger charge is -2.46. The van der Waals surface area contributed by atoms with Gasteiger partial charge in [0.1, 0.15) is 0 Å². The predicted octanol–water partition coefficient (Wildman–Crippen LogP) is 4.41.